The van der Waals surface area contributed by atoms with Gasteiger partial charge in [0.15, 0.2) is 14.1 Å². The van der Waals surface area contributed by atoms with Gasteiger partial charge in [-0.05, 0) is 59.1 Å². The number of nitrogens with one attached hydrogen (secondary N) is 1. The van der Waals surface area contributed by atoms with Crippen molar-refractivity contribution in [2.24, 2.45) is 0 Å². The summed E-state index contributed by atoms with van der Waals surface area (Å²) in [6.07, 6.45) is 0.667. The van der Waals surface area contributed by atoms with Gasteiger partial charge >= 0.3 is 0 Å². The SMILES string of the molecule is CC(C)(C)[Si](C)(C)OCC[C@H](CNC(=O)c1c(OCC2CO2)c(C#N)cc2ccccc12)c1ccc(Cl)c(Cl)c1. The number of nitriles is 1. The number of fused-ring (bicyclic) bond motifs is 1. The molecule has 6 nitrogen and oxygen atoms in total. The van der Waals surface area contributed by atoms with Crippen LogP contribution in [0.25, 0.3) is 10.8 Å². The molecule has 1 unspecified atom stereocenters. The first-order valence-corrected chi connectivity index (χ1v) is 17.1. The van der Waals surface area contributed by atoms with Crippen molar-refractivity contribution in [3.63, 3.8) is 0 Å². The zero-order valence-electron chi connectivity index (χ0n) is 23.6. The van der Waals surface area contributed by atoms with Crippen LogP contribution in [-0.2, 0) is 9.16 Å². The second kappa shape index (κ2) is 12.5. The number of amides is 1. The monoisotopic (exact) mass is 598 g/mol. The van der Waals surface area contributed by atoms with E-state index >= 15 is 0 Å². The number of rotatable bonds is 11. The average Bonchev–Trinajstić information content (AvgIpc) is 3.74. The lowest BCUT2D eigenvalue weighted by Crippen LogP contribution is -2.41. The van der Waals surface area contributed by atoms with Crippen LogP contribution < -0.4 is 10.1 Å². The highest BCUT2D eigenvalue weighted by Crippen LogP contribution is 2.37. The first kappa shape index (κ1) is 30.4. The second-order valence-corrected chi connectivity index (χ2v) is 17.3. The molecule has 40 heavy (non-hydrogen) atoms. The molecule has 1 N–H and O–H groups in total. The van der Waals surface area contributed by atoms with Crippen molar-refractivity contribution in [2.45, 2.75) is 57.3 Å². The molecule has 0 radical (unpaired) electrons. The molecule has 4 rings (SSSR count). The third-order valence-electron chi connectivity index (χ3n) is 7.82. The molecule has 0 bridgehead atoms. The van der Waals surface area contributed by atoms with Gasteiger partial charge in [-0.25, -0.2) is 0 Å². The average molecular weight is 600 g/mol. The van der Waals surface area contributed by atoms with Gasteiger partial charge in [0.1, 0.15) is 18.8 Å². The fraction of sp³-hybridized carbons (Fsp3) is 0.419. The van der Waals surface area contributed by atoms with Crippen molar-refractivity contribution < 1.29 is 18.7 Å². The number of benzene rings is 3. The molecular weight excluding hydrogens is 563 g/mol. The Labute approximate surface area is 247 Å². The molecule has 1 aliphatic heterocycles. The molecule has 212 valence electrons. The normalized spacial score (nSPS) is 15.9. The number of carbonyl (C=O) groups is 1. The minimum atomic E-state index is -1.94. The highest BCUT2D eigenvalue weighted by atomic mass is 35.5. The van der Waals surface area contributed by atoms with Crippen molar-refractivity contribution in [3.8, 4) is 11.8 Å². The third kappa shape index (κ3) is 7.18. The molecule has 9 heteroatoms. The number of nitrogens with zero attached hydrogens (tertiary/aromatic N) is 1. The summed E-state index contributed by atoms with van der Waals surface area (Å²) in [5.74, 6) is -0.102. The lowest BCUT2D eigenvalue weighted by molar-refractivity contribution is 0.0946. The topological polar surface area (TPSA) is 83.9 Å². The number of halogens is 2. The Balaban J connectivity index is 1.60. The third-order valence-corrected chi connectivity index (χ3v) is 13.1. The van der Waals surface area contributed by atoms with E-state index in [1.54, 1.807) is 12.1 Å². The number of ether oxygens (including phenoxy) is 2. The van der Waals surface area contributed by atoms with Gasteiger partial charge in [-0.3, -0.25) is 4.79 Å². The molecule has 0 aromatic heterocycles. The molecule has 3 aromatic carbocycles. The van der Waals surface area contributed by atoms with Gasteiger partial charge in [0.2, 0.25) is 0 Å². The first-order valence-electron chi connectivity index (χ1n) is 13.5. The zero-order valence-corrected chi connectivity index (χ0v) is 26.2. The van der Waals surface area contributed by atoms with Crippen LogP contribution in [0.5, 0.6) is 5.75 Å². The molecule has 3 aromatic rings. The fourth-order valence-corrected chi connectivity index (χ4v) is 5.63. The van der Waals surface area contributed by atoms with E-state index in [1.165, 1.54) is 0 Å². The summed E-state index contributed by atoms with van der Waals surface area (Å²) in [5.41, 5.74) is 1.63. The van der Waals surface area contributed by atoms with Crippen LogP contribution >= 0.6 is 23.2 Å². The first-order chi connectivity index (χ1) is 18.9. The molecule has 1 heterocycles. The highest BCUT2D eigenvalue weighted by Gasteiger charge is 2.37. The Hall–Kier alpha value is -2.60. The summed E-state index contributed by atoms with van der Waals surface area (Å²) in [7, 11) is -1.94. The van der Waals surface area contributed by atoms with Crippen LogP contribution in [-0.4, -0.2) is 46.7 Å². The number of hydrogen-bond donors (Lipinski definition) is 1. The van der Waals surface area contributed by atoms with Crippen molar-refractivity contribution >= 4 is 48.2 Å². The van der Waals surface area contributed by atoms with Crippen LogP contribution in [0.1, 0.15) is 54.6 Å². The van der Waals surface area contributed by atoms with E-state index < -0.39 is 8.32 Å². The van der Waals surface area contributed by atoms with Crippen molar-refractivity contribution in [1.82, 2.24) is 5.32 Å². The van der Waals surface area contributed by atoms with Gasteiger partial charge in [-0.2, -0.15) is 5.26 Å². The quantitative estimate of drug-likeness (QED) is 0.180. The van der Waals surface area contributed by atoms with Gasteiger partial charge in [0, 0.05) is 19.1 Å². The largest absolute Gasteiger partial charge is 0.489 e. The molecule has 0 saturated carbocycles. The number of epoxide rings is 1. The van der Waals surface area contributed by atoms with E-state index in [1.807, 2.05) is 36.4 Å². The van der Waals surface area contributed by atoms with Crippen molar-refractivity contribution in [3.05, 3.63) is 75.3 Å². The Morgan fingerprint density at radius 1 is 1.18 bits per heavy atom. The minimum Gasteiger partial charge on any atom is -0.489 e. The van der Waals surface area contributed by atoms with Gasteiger partial charge in [-0.1, -0.05) is 74.3 Å². The van der Waals surface area contributed by atoms with E-state index in [0.29, 0.717) is 47.4 Å². The van der Waals surface area contributed by atoms with Gasteiger partial charge < -0.3 is 19.2 Å². The van der Waals surface area contributed by atoms with Crippen LogP contribution in [0.2, 0.25) is 28.2 Å². The predicted molar refractivity (Wildman–Crippen MR) is 163 cm³/mol. The van der Waals surface area contributed by atoms with Crippen LogP contribution in [0.3, 0.4) is 0 Å². The molecule has 0 aliphatic carbocycles. The molecule has 1 fully saturated rings. The van der Waals surface area contributed by atoms with Crippen LogP contribution in [0.15, 0.2) is 48.5 Å². The molecular formula is C31H36Cl2N2O4Si. The summed E-state index contributed by atoms with van der Waals surface area (Å²) in [6.45, 7) is 12.9. The Bertz CT molecular complexity index is 1430. The minimum absolute atomic E-state index is 0.0196. The Morgan fingerprint density at radius 2 is 1.90 bits per heavy atom. The molecule has 2 atom stereocenters. The maximum absolute atomic E-state index is 13.8. The Kier molecular flexibility index (Phi) is 9.49. The van der Waals surface area contributed by atoms with Crippen molar-refractivity contribution in [2.75, 3.05) is 26.4 Å². The predicted octanol–water partition coefficient (Wildman–Crippen LogP) is 7.72. The standard InChI is InChI=1S/C31H36Cl2N2O4Si/c1-31(2,3)40(4,5)39-13-12-22(20-10-11-26(32)27(33)15-20)17-35-30(36)28-25-9-7-6-8-21(25)14-23(16-34)29(28)38-19-24-18-37-24/h6-11,14-15,22,24H,12-13,17-19H2,1-5H3,(H,35,36)/t22-,24?/m1/s1. The van der Waals surface area contributed by atoms with Gasteiger partial charge in [0.25, 0.3) is 5.91 Å². The van der Waals surface area contributed by atoms with E-state index in [9.17, 15) is 10.1 Å². The summed E-state index contributed by atoms with van der Waals surface area (Å²) >= 11 is 12.6. The lowest BCUT2D eigenvalue weighted by atomic mass is 9.95. The molecule has 1 saturated heterocycles. The van der Waals surface area contributed by atoms with Crippen LogP contribution in [0, 0.1) is 11.3 Å². The summed E-state index contributed by atoms with van der Waals surface area (Å²) in [4.78, 5) is 13.8. The summed E-state index contributed by atoms with van der Waals surface area (Å²) in [6, 6.07) is 17.0. The second-order valence-electron chi connectivity index (χ2n) is 11.7. The summed E-state index contributed by atoms with van der Waals surface area (Å²) < 4.78 is 17.8. The van der Waals surface area contributed by atoms with Crippen molar-refractivity contribution in [1.29, 1.82) is 5.26 Å². The van der Waals surface area contributed by atoms with Gasteiger partial charge in [0.05, 0.1) is 27.8 Å². The molecule has 1 aliphatic rings. The van der Waals surface area contributed by atoms with E-state index in [-0.39, 0.29) is 35.3 Å². The number of carbonyl (C=O) groups excluding carboxylic acids is 1. The lowest BCUT2D eigenvalue weighted by Gasteiger charge is -2.36. The van der Waals surface area contributed by atoms with Crippen LogP contribution in [0.4, 0.5) is 0 Å². The van der Waals surface area contributed by atoms with E-state index in [0.717, 1.165) is 16.3 Å². The molecule has 0 spiro atoms. The van der Waals surface area contributed by atoms with E-state index in [2.05, 4.69) is 45.3 Å². The molecule has 1 amide bonds. The maximum Gasteiger partial charge on any atom is 0.255 e. The Morgan fingerprint density at radius 3 is 2.55 bits per heavy atom. The number of hydrogen-bond acceptors (Lipinski definition) is 5. The maximum atomic E-state index is 13.8. The summed E-state index contributed by atoms with van der Waals surface area (Å²) in [5, 5.41) is 15.5. The van der Waals surface area contributed by atoms with Gasteiger partial charge in [-0.15, -0.1) is 0 Å². The van der Waals surface area contributed by atoms with E-state index in [4.69, 9.17) is 37.1 Å². The fourth-order valence-electron chi connectivity index (χ4n) is 4.26. The smallest absolute Gasteiger partial charge is 0.255 e. The zero-order chi connectivity index (χ0) is 29.1. The highest BCUT2D eigenvalue weighted by molar-refractivity contribution is 6.74.